The maximum absolute atomic E-state index is 5.85. The van der Waals surface area contributed by atoms with Gasteiger partial charge in [0.25, 0.3) is 0 Å². The minimum absolute atomic E-state index is 0.593. The van der Waals surface area contributed by atoms with E-state index in [2.05, 4.69) is 30.9 Å². The minimum Gasteiger partial charge on any atom is -0.491 e. The number of ether oxygens (including phenoxy) is 1. The first-order valence-corrected chi connectivity index (χ1v) is 7.66. The second-order valence-electron chi connectivity index (χ2n) is 5.21. The van der Waals surface area contributed by atoms with E-state index < -0.39 is 0 Å². The zero-order valence-corrected chi connectivity index (χ0v) is 12.8. The highest BCUT2D eigenvalue weighted by molar-refractivity contribution is 5.84. The average Bonchev–Trinajstić information content (AvgIpc) is 3.09. The number of benzene rings is 1. The zero-order valence-electron chi connectivity index (χ0n) is 12.8. The Morgan fingerprint density at radius 2 is 2.04 bits per heavy atom. The Balaban J connectivity index is 1.31. The normalized spacial score (nSPS) is 11.0. The maximum Gasteiger partial charge on any atom is 0.200 e. The van der Waals surface area contributed by atoms with E-state index in [4.69, 9.17) is 4.74 Å². The minimum atomic E-state index is 0.593. The SMILES string of the molecule is c1cnc2c(OCCCNc3ccc4nnnn4n3)cccc2c1. The van der Waals surface area contributed by atoms with E-state index in [0.717, 1.165) is 35.4 Å². The smallest absolute Gasteiger partial charge is 0.200 e. The average molecular weight is 321 g/mol. The largest absolute Gasteiger partial charge is 0.491 e. The zero-order chi connectivity index (χ0) is 16.2. The van der Waals surface area contributed by atoms with Gasteiger partial charge in [-0.15, -0.1) is 14.8 Å². The molecule has 24 heavy (non-hydrogen) atoms. The maximum atomic E-state index is 5.85. The number of tetrazole rings is 1. The molecule has 0 atom stereocenters. The number of fused-ring (bicyclic) bond motifs is 2. The Morgan fingerprint density at radius 1 is 1.08 bits per heavy atom. The summed E-state index contributed by atoms with van der Waals surface area (Å²) >= 11 is 0. The molecule has 3 aromatic heterocycles. The Bertz CT molecular complexity index is 963. The van der Waals surface area contributed by atoms with Crippen molar-refractivity contribution in [3.8, 4) is 5.75 Å². The van der Waals surface area contributed by atoms with Crippen LogP contribution in [0.5, 0.6) is 5.75 Å². The van der Waals surface area contributed by atoms with Gasteiger partial charge in [-0.05, 0) is 41.1 Å². The van der Waals surface area contributed by atoms with Crippen LogP contribution in [0.4, 0.5) is 5.82 Å². The monoisotopic (exact) mass is 321 g/mol. The molecule has 0 amide bonds. The van der Waals surface area contributed by atoms with Crippen molar-refractivity contribution < 1.29 is 4.74 Å². The van der Waals surface area contributed by atoms with Crippen molar-refractivity contribution in [2.75, 3.05) is 18.5 Å². The number of rotatable bonds is 6. The van der Waals surface area contributed by atoms with Crippen molar-refractivity contribution in [2.45, 2.75) is 6.42 Å². The summed E-state index contributed by atoms with van der Waals surface area (Å²) in [5, 5.41) is 19.7. The van der Waals surface area contributed by atoms with Gasteiger partial charge in [0.05, 0.1) is 6.61 Å². The van der Waals surface area contributed by atoms with Gasteiger partial charge in [0.1, 0.15) is 17.1 Å². The van der Waals surface area contributed by atoms with Crippen molar-refractivity contribution in [3.05, 3.63) is 48.7 Å². The molecular weight excluding hydrogens is 306 g/mol. The van der Waals surface area contributed by atoms with E-state index >= 15 is 0 Å². The van der Waals surface area contributed by atoms with Gasteiger partial charge in [0, 0.05) is 18.1 Å². The second kappa shape index (κ2) is 6.45. The molecule has 1 N–H and O–H groups in total. The summed E-state index contributed by atoms with van der Waals surface area (Å²) in [6, 6.07) is 13.5. The van der Waals surface area contributed by atoms with E-state index in [1.165, 1.54) is 4.63 Å². The lowest BCUT2D eigenvalue weighted by Gasteiger charge is -2.09. The highest BCUT2D eigenvalue weighted by Crippen LogP contribution is 2.22. The quantitative estimate of drug-likeness (QED) is 0.543. The number of aromatic nitrogens is 6. The first-order chi connectivity index (χ1) is 11.9. The van der Waals surface area contributed by atoms with Gasteiger partial charge in [0.15, 0.2) is 5.65 Å². The molecule has 1 aromatic carbocycles. The van der Waals surface area contributed by atoms with Crippen LogP contribution < -0.4 is 10.1 Å². The summed E-state index contributed by atoms with van der Waals surface area (Å²) in [6.45, 7) is 1.33. The van der Waals surface area contributed by atoms with Crippen molar-refractivity contribution in [1.82, 2.24) is 30.2 Å². The highest BCUT2D eigenvalue weighted by atomic mass is 16.5. The van der Waals surface area contributed by atoms with Gasteiger partial charge in [-0.3, -0.25) is 4.98 Å². The van der Waals surface area contributed by atoms with Gasteiger partial charge in [0.2, 0.25) is 0 Å². The topological polar surface area (TPSA) is 90.1 Å². The Kier molecular flexibility index (Phi) is 3.85. The molecule has 0 aliphatic rings. The standard InChI is InChI=1S/C16H15N7O/c1-4-12-5-2-9-18-16(12)13(6-1)24-11-3-10-17-14-7-8-15-19-21-22-23(15)20-14/h1-2,4-9H,3,10-11H2,(H,17,20). The van der Waals surface area contributed by atoms with E-state index in [0.29, 0.717) is 12.3 Å². The Hall–Kier alpha value is -3.29. The fourth-order valence-electron chi connectivity index (χ4n) is 2.41. The van der Waals surface area contributed by atoms with E-state index in [1.54, 1.807) is 6.20 Å². The molecule has 120 valence electrons. The van der Waals surface area contributed by atoms with Crippen molar-refractivity contribution >= 4 is 22.4 Å². The predicted octanol–water partition coefficient (Wildman–Crippen LogP) is 1.95. The molecule has 0 unspecified atom stereocenters. The third-order valence-corrected chi connectivity index (χ3v) is 3.55. The highest BCUT2D eigenvalue weighted by Gasteiger charge is 2.03. The van der Waals surface area contributed by atoms with Gasteiger partial charge < -0.3 is 10.1 Å². The number of anilines is 1. The van der Waals surface area contributed by atoms with Gasteiger partial charge in [-0.2, -0.15) is 0 Å². The van der Waals surface area contributed by atoms with Crippen LogP contribution >= 0.6 is 0 Å². The van der Waals surface area contributed by atoms with Crippen molar-refractivity contribution in [3.63, 3.8) is 0 Å². The fourth-order valence-corrected chi connectivity index (χ4v) is 2.41. The molecule has 0 saturated carbocycles. The molecule has 0 fully saturated rings. The van der Waals surface area contributed by atoms with E-state index in [9.17, 15) is 0 Å². The van der Waals surface area contributed by atoms with Crippen LogP contribution in [0.3, 0.4) is 0 Å². The lowest BCUT2D eigenvalue weighted by molar-refractivity contribution is 0.318. The summed E-state index contributed by atoms with van der Waals surface area (Å²) in [7, 11) is 0. The number of hydrogen-bond acceptors (Lipinski definition) is 7. The van der Waals surface area contributed by atoms with Crippen LogP contribution in [0.15, 0.2) is 48.7 Å². The van der Waals surface area contributed by atoms with Crippen molar-refractivity contribution in [2.24, 2.45) is 0 Å². The summed E-state index contributed by atoms with van der Waals surface area (Å²) < 4.78 is 7.24. The van der Waals surface area contributed by atoms with Crippen LogP contribution in [-0.2, 0) is 0 Å². The number of pyridine rings is 1. The molecule has 0 radical (unpaired) electrons. The lowest BCUT2D eigenvalue weighted by atomic mass is 10.2. The molecule has 3 heterocycles. The van der Waals surface area contributed by atoms with Crippen LogP contribution in [0.25, 0.3) is 16.6 Å². The number of para-hydroxylation sites is 1. The molecule has 0 saturated heterocycles. The fraction of sp³-hybridized carbons (Fsp3) is 0.188. The summed E-state index contributed by atoms with van der Waals surface area (Å²) in [4.78, 5) is 4.38. The molecular formula is C16H15N7O. The van der Waals surface area contributed by atoms with Crippen LogP contribution in [0.1, 0.15) is 6.42 Å². The van der Waals surface area contributed by atoms with Crippen molar-refractivity contribution in [1.29, 1.82) is 0 Å². The van der Waals surface area contributed by atoms with E-state index in [-0.39, 0.29) is 0 Å². The number of nitrogens with zero attached hydrogens (tertiary/aromatic N) is 6. The van der Waals surface area contributed by atoms with Crippen LogP contribution in [-0.4, -0.2) is 43.4 Å². The van der Waals surface area contributed by atoms with E-state index in [1.807, 2.05) is 42.5 Å². The van der Waals surface area contributed by atoms with Gasteiger partial charge >= 0.3 is 0 Å². The Labute approximate surface area is 137 Å². The summed E-state index contributed by atoms with van der Waals surface area (Å²) in [6.07, 6.45) is 2.61. The second-order valence-corrected chi connectivity index (χ2v) is 5.21. The molecule has 0 aliphatic heterocycles. The third-order valence-electron chi connectivity index (χ3n) is 3.55. The molecule has 0 spiro atoms. The number of hydrogen-bond donors (Lipinski definition) is 1. The molecule has 0 bridgehead atoms. The molecule has 4 rings (SSSR count). The van der Waals surface area contributed by atoms with Gasteiger partial charge in [-0.1, -0.05) is 18.2 Å². The van der Waals surface area contributed by atoms with Gasteiger partial charge in [-0.25, -0.2) is 0 Å². The predicted molar refractivity (Wildman–Crippen MR) is 88.9 cm³/mol. The molecule has 0 aliphatic carbocycles. The first-order valence-electron chi connectivity index (χ1n) is 7.66. The summed E-state index contributed by atoms with van der Waals surface area (Å²) in [5.74, 6) is 1.53. The summed E-state index contributed by atoms with van der Waals surface area (Å²) in [5.41, 5.74) is 1.51. The first kappa shape index (κ1) is 14.3. The Morgan fingerprint density at radius 3 is 3.04 bits per heavy atom. The van der Waals surface area contributed by atoms with Crippen LogP contribution in [0.2, 0.25) is 0 Å². The lowest BCUT2D eigenvalue weighted by Crippen LogP contribution is -2.10. The number of nitrogens with one attached hydrogen (secondary N) is 1. The molecule has 4 aromatic rings. The molecule has 8 heteroatoms. The third kappa shape index (κ3) is 2.94. The van der Waals surface area contributed by atoms with Crippen LogP contribution in [0, 0.1) is 0 Å². The molecule has 8 nitrogen and oxygen atoms in total.